The molecule has 0 amide bonds. The fourth-order valence-corrected chi connectivity index (χ4v) is 3.03. The number of aromatic nitrogens is 1. The van der Waals surface area contributed by atoms with E-state index in [-0.39, 0.29) is 0 Å². The molecule has 0 N–H and O–H groups in total. The van der Waals surface area contributed by atoms with E-state index in [0.717, 1.165) is 26.2 Å². The second-order valence-electron chi connectivity index (χ2n) is 6.03. The quantitative estimate of drug-likeness (QED) is 0.688. The number of rotatable bonds is 8. The fourth-order valence-electron chi connectivity index (χ4n) is 3.03. The monoisotopic (exact) mass is 291 g/mol. The van der Waals surface area contributed by atoms with Crippen molar-refractivity contribution in [2.24, 2.45) is 0 Å². The van der Waals surface area contributed by atoms with E-state index in [1.54, 1.807) is 7.11 Å². The zero-order chi connectivity index (χ0) is 14.9. The van der Waals surface area contributed by atoms with Crippen LogP contribution in [0.2, 0.25) is 0 Å². The lowest BCUT2D eigenvalue weighted by atomic mass is 10.1. The molecule has 1 atom stereocenters. The average molecular weight is 291 g/mol. The maximum Gasteiger partial charge on any atom is 0.0462 e. The van der Waals surface area contributed by atoms with Gasteiger partial charge in [-0.15, -0.1) is 0 Å². The van der Waals surface area contributed by atoms with Gasteiger partial charge in [0.05, 0.1) is 0 Å². The van der Waals surface area contributed by atoms with Crippen molar-refractivity contribution in [3.63, 3.8) is 0 Å². The molecule has 118 valence electrons. The number of methoxy groups -OCH3 is 1. The number of nitrogens with zero attached hydrogens (tertiary/aromatic N) is 3. The molecule has 0 aromatic carbocycles. The Bertz CT molecular complexity index is 385. The molecular formula is C17H29N3O. The van der Waals surface area contributed by atoms with Crippen LogP contribution in [0.15, 0.2) is 24.5 Å². The second kappa shape index (κ2) is 9.13. The summed E-state index contributed by atoms with van der Waals surface area (Å²) >= 11 is 0. The third kappa shape index (κ3) is 5.73. The average Bonchev–Trinajstić information content (AvgIpc) is 2.50. The summed E-state index contributed by atoms with van der Waals surface area (Å²) in [6, 6.07) is 4.84. The predicted octanol–water partition coefficient (Wildman–Crippen LogP) is 2.40. The largest absolute Gasteiger partial charge is 0.385 e. The van der Waals surface area contributed by atoms with E-state index in [2.05, 4.69) is 27.8 Å². The molecule has 4 heteroatoms. The minimum Gasteiger partial charge on any atom is -0.385 e. The molecule has 21 heavy (non-hydrogen) atoms. The molecule has 0 bridgehead atoms. The standard InChI is InChI=1S/C17H29N3O/c1-16-14-19(15-17-7-6-8-18-13-17)10-11-20(16)9-4-3-5-12-21-2/h6-8,13,16H,3-5,9-12,14-15H2,1-2H3/t16-/m0/s1. The first-order valence-corrected chi connectivity index (χ1v) is 8.14. The normalized spacial score (nSPS) is 20.8. The number of hydrogen-bond donors (Lipinski definition) is 0. The minimum atomic E-state index is 0.651. The molecule has 0 saturated carbocycles. The van der Waals surface area contributed by atoms with Gasteiger partial charge in [0.2, 0.25) is 0 Å². The third-order valence-corrected chi connectivity index (χ3v) is 4.27. The van der Waals surface area contributed by atoms with Crippen LogP contribution in [0.25, 0.3) is 0 Å². The van der Waals surface area contributed by atoms with Crippen molar-refractivity contribution >= 4 is 0 Å². The summed E-state index contributed by atoms with van der Waals surface area (Å²) in [6.45, 7) is 9.01. The highest BCUT2D eigenvalue weighted by molar-refractivity contribution is 5.08. The maximum atomic E-state index is 5.10. The summed E-state index contributed by atoms with van der Waals surface area (Å²) in [5.74, 6) is 0. The van der Waals surface area contributed by atoms with Gasteiger partial charge in [-0.2, -0.15) is 0 Å². The zero-order valence-electron chi connectivity index (χ0n) is 13.5. The summed E-state index contributed by atoms with van der Waals surface area (Å²) in [7, 11) is 1.78. The Morgan fingerprint density at radius 3 is 2.90 bits per heavy atom. The van der Waals surface area contributed by atoms with Gasteiger partial charge in [0.1, 0.15) is 0 Å². The Morgan fingerprint density at radius 2 is 2.19 bits per heavy atom. The Morgan fingerprint density at radius 1 is 1.29 bits per heavy atom. The second-order valence-corrected chi connectivity index (χ2v) is 6.03. The predicted molar refractivity (Wildman–Crippen MR) is 86.3 cm³/mol. The van der Waals surface area contributed by atoms with Gasteiger partial charge in [-0.3, -0.25) is 14.8 Å². The lowest BCUT2D eigenvalue weighted by Gasteiger charge is -2.40. The van der Waals surface area contributed by atoms with Crippen molar-refractivity contribution in [2.45, 2.75) is 38.8 Å². The van der Waals surface area contributed by atoms with Gasteiger partial charge in [-0.25, -0.2) is 0 Å². The van der Waals surface area contributed by atoms with Crippen LogP contribution >= 0.6 is 0 Å². The van der Waals surface area contributed by atoms with E-state index in [9.17, 15) is 0 Å². The van der Waals surface area contributed by atoms with E-state index in [1.165, 1.54) is 37.9 Å². The topological polar surface area (TPSA) is 28.6 Å². The van der Waals surface area contributed by atoms with Crippen molar-refractivity contribution in [1.82, 2.24) is 14.8 Å². The molecule has 0 aliphatic carbocycles. The molecular weight excluding hydrogens is 262 g/mol. The summed E-state index contributed by atoms with van der Waals surface area (Å²) in [5, 5.41) is 0. The highest BCUT2D eigenvalue weighted by Gasteiger charge is 2.22. The number of hydrogen-bond acceptors (Lipinski definition) is 4. The van der Waals surface area contributed by atoms with Gasteiger partial charge >= 0.3 is 0 Å². The molecule has 1 aliphatic rings. The van der Waals surface area contributed by atoms with Crippen LogP contribution in [-0.2, 0) is 11.3 Å². The highest BCUT2D eigenvalue weighted by Crippen LogP contribution is 2.13. The maximum absolute atomic E-state index is 5.10. The van der Waals surface area contributed by atoms with Crippen LogP contribution < -0.4 is 0 Å². The molecule has 4 nitrogen and oxygen atoms in total. The molecule has 1 aliphatic heterocycles. The van der Waals surface area contributed by atoms with Crippen molar-refractivity contribution in [1.29, 1.82) is 0 Å². The van der Waals surface area contributed by atoms with Crippen molar-refractivity contribution in [2.75, 3.05) is 39.9 Å². The Labute approximate surface area is 129 Å². The molecule has 1 fully saturated rings. The van der Waals surface area contributed by atoms with Gasteiger partial charge in [0.15, 0.2) is 0 Å². The van der Waals surface area contributed by atoms with Gasteiger partial charge in [0, 0.05) is 58.3 Å². The number of pyridine rings is 1. The number of unbranched alkanes of at least 4 members (excludes halogenated alkanes) is 2. The zero-order valence-corrected chi connectivity index (χ0v) is 13.5. The Kier molecular flexibility index (Phi) is 7.13. The number of piperazine rings is 1. The van der Waals surface area contributed by atoms with E-state index in [4.69, 9.17) is 4.74 Å². The van der Waals surface area contributed by atoms with Crippen LogP contribution in [-0.4, -0.2) is 60.7 Å². The molecule has 0 radical (unpaired) electrons. The van der Waals surface area contributed by atoms with Gasteiger partial charge < -0.3 is 4.74 Å². The molecule has 2 heterocycles. The van der Waals surface area contributed by atoms with Crippen molar-refractivity contribution < 1.29 is 4.74 Å². The van der Waals surface area contributed by atoms with E-state index in [0.29, 0.717) is 6.04 Å². The molecule has 1 aromatic rings. The molecule has 0 spiro atoms. The number of ether oxygens (including phenoxy) is 1. The van der Waals surface area contributed by atoms with Crippen molar-refractivity contribution in [3.8, 4) is 0 Å². The van der Waals surface area contributed by atoms with Crippen LogP contribution in [0.3, 0.4) is 0 Å². The SMILES string of the molecule is COCCCCCN1CCN(Cc2cccnc2)C[C@@H]1C. The van der Waals surface area contributed by atoms with Crippen molar-refractivity contribution in [3.05, 3.63) is 30.1 Å². The summed E-state index contributed by atoms with van der Waals surface area (Å²) in [4.78, 5) is 9.38. The Balaban J connectivity index is 1.67. The smallest absolute Gasteiger partial charge is 0.0462 e. The lowest BCUT2D eigenvalue weighted by Crippen LogP contribution is -2.51. The first-order valence-electron chi connectivity index (χ1n) is 8.14. The Hall–Kier alpha value is -0.970. The molecule has 1 saturated heterocycles. The third-order valence-electron chi connectivity index (χ3n) is 4.27. The lowest BCUT2D eigenvalue weighted by molar-refractivity contribution is 0.0768. The summed E-state index contributed by atoms with van der Waals surface area (Å²) < 4.78 is 5.10. The van der Waals surface area contributed by atoms with E-state index in [1.807, 2.05) is 18.5 Å². The molecule has 1 aromatic heterocycles. The first-order chi connectivity index (χ1) is 10.3. The van der Waals surface area contributed by atoms with Crippen LogP contribution in [0, 0.1) is 0 Å². The van der Waals surface area contributed by atoms with Gasteiger partial charge in [-0.05, 0) is 44.4 Å². The van der Waals surface area contributed by atoms with Gasteiger partial charge in [-0.1, -0.05) is 6.07 Å². The van der Waals surface area contributed by atoms with E-state index >= 15 is 0 Å². The van der Waals surface area contributed by atoms with E-state index < -0.39 is 0 Å². The molecule has 0 unspecified atom stereocenters. The van der Waals surface area contributed by atoms with Gasteiger partial charge in [0.25, 0.3) is 0 Å². The molecule has 2 rings (SSSR count). The first kappa shape index (κ1) is 16.4. The van der Waals surface area contributed by atoms with Crippen LogP contribution in [0.4, 0.5) is 0 Å². The summed E-state index contributed by atoms with van der Waals surface area (Å²) in [5.41, 5.74) is 1.32. The summed E-state index contributed by atoms with van der Waals surface area (Å²) in [6.07, 6.45) is 7.57. The highest BCUT2D eigenvalue weighted by atomic mass is 16.5. The minimum absolute atomic E-state index is 0.651. The van der Waals surface area contributed by atoms with Crippen LogP contribution in [0.5, 0.6) is 0 Å². The van der Waals surface area contributed by atoms with Crippen LogP contribution in [0.1, 0.15) is 31.7 Å². The fraction of sp³-hybridized carbons (Fsp3) is 0.706.